The second-order valence-corrected chi connectivity index (χ2v) is 7.76. The van der Waals surface area contributed by atoms with E-state index in [0.29, 0.717) is 17.4 Å². The molecule has 1 aromatic carbocycles. The third kappa shape index (κ3) is 4.69. The van der Waals surface area contributed by atoms with Crippen LogP contribution >= 0.6 is 0 Å². The molecule has 0 spiro atoms. The van der Waals surface area contributed by atoms with Crippen LogP contribution in [0.3, 0.4) is 0 Å². The van der Waals surface area contributed by atoms with Crippen molar-refractivity contribution in [2.45, 2.75) is 41.2 Å². The van der Waals surface area contributed by atoms with Crippen molar-refractivity contribution >= 4 is 17.7 Å². The van der Waals surface area contributed by atoms with Gasteiger partial charge in [0.15, 0.2) is 5.82 Å². The van der Waals surface area contributed by atoms with E-state index < -0.39 is 11.7 Å². The van der Waals surface area contributed by atoms with E-state index in [1.54, 1.807) is 13.0 Å². The second kappa shape index (κ2) is 8.92. The topological polar surface area (TPSA) is 101 Å². The van der Waals surface area contributed by atoms with Crippen molar-refractivity contribution in [2.24, 2.45) is 5.92 Å². The predicted molar refractivity (Wildman–Crippen MR) is 115 cm³/mol. The van der Waals surface area contributed by atoms with Crippen LogP contribution in [0.4, 0.5) is 10.1 Å². The number of nitrogens with zero attached hydrogens (tertiary/aromatic N) is 6. The summed E-state index contributed by atoms with van der Waals surface area (Å²) in [5, 5.41) is 23.2. The molecule has 0 radical (unpaired) electrons. The zero-order valence-electron chi connectivity index (χ0n) is 18.1. The molecule has 0 fully saturated rings. The third-order valence-corrected chi connectivity index (χ3v) is 4.88. The Hall–Kier alpha value is -3.80. The van der Waals surface area contributed by atoms with Crippen molar-refractivity contribution in [3.63, 3.8) is 0 Å². The van der Waals surface area contributed by atoms with Gasteiger partial charge >= 0.3 is 0 Å². The molecule has 0 saturated carbocycles. The molecule has 0 saturated heterocycles. The lowest BCUT2D eigenvalue weighted by atomic mass is 10.1. The summed E-state index contributed by atoms with van der Waals surface area (Å²) in [6.07, 6.45) is 1.57. The maximum absolute atomic E-state index is 14.2. The fraction of sp³-hybridized carbons (Fsp3) is 0.318. The zero-order valence-corrected chi connectivity index (χ0v) is 18.1. The van der Waals surface area contributed by atoms with Gasteiger partial charge in [-0.05, 0) is 73.0 Å². The van der Waals surface area contributed by atoms with E-state index in [-0.39, 0.29) is 11.3 Å². The molecule has 160 valence electrons. The van der Waals surface area contributed by atoms with Gasteiger partial charge in [0.25, 0.3) is 5.91 Å². The van der Waals surface area contributed by atoms with Gasteiger partial charge in [0.05, 0.1) is 0 Å². The number of aryl methyl sites for hydroxylation is 2. The molecule has 2 aromatic heterocycles. The zero-order chi connectivity index (χ0) is 22.7. The predicted octanol–water partition coefficient (Wildman–Crippen LogP) is 3.73. The Kier molecular flexibility index (Phi) is 6.30. The standard InChI is InChI=1S/C22H24FN7O/c1-13(2)12-29-14(3)8-17(15(29)4)9-18(11-24)22(31)25-19-6-7-20(23)21(10-19)30-16(5)26-27-28-30/h6-10,13H,12H2,1-5H3,(H,25,31)/b18-9-. The average Bonchev–Trinajstić information content (AvgIpc) is 3.25. The molecule has 0 atom stereocenters. The molecule has 0 aliphatic rings. The maximum Gasteiger partial charge on any atom is 0.266 e. The highest BCUT2D eigenvalue weighted by molar-refractivity contribution is 6.09. The molecule has 1 N–H and O–H groups in total. The van der Waals surface area contributed by atoms with Crippen LogP contribution in [0, 0.1) is 43.8 Å². The Morgan fingerprint density at radius 3 is 2.65 bits per heavy atom. The smallest absolute Gasteiger partial charge is 0.266 e. The van der Waals surface area contributed by atoms with Gasteiger partial charge in [-0.15, -0.1) is 5.10 Å². The summed E-state index contributed by atoms with van der Waals surface area (Å²) in [7, 11) is 0. The van der Waals surface area contributed by atoms with Crippen LogP contribution in [0.5, 0.6) is 0 Å². The SMILES string of the molecule is Cc1nnnn1-c1cc(NC(=O)/C(C#N)=C\c2cc(C)n(CC(C)C)c2C)ccc1F. The molecule has 0 aliphatic heterocycles. The number of hydrogen-bond acceptors (Lipinski definition) is 5. The minimum atomic E-state index is -0.581. The fourth-order valence-corrected chi connectivity index (χ4v) is 3.33. The number of aromatic nitrogens is 5. The lowest BCUT2D eigenvalue weighted by molar-refractivity contribution is -0.112. The van der Waals surface area contributed by atoms with Crippen LogP contribution in [0.15, 0.2) is 29.8 Å². The summed E-state index contributed by atoms with van der Waals surface area (Å²) in [6.45, 7) is 10.7. The first kappa shape index (κ1) is 21.9. The molecule has 9 heteroatoms. The van der Waals surface area contributed by atoms with Crippen molar-refractivity contribution < 1.29 is 9.18 Å². The van der Waals surface area contributed by atoms with Gasteiger partial charge < -0.3 is 9.88 Å². The van der Waals surface area contributed by atoms with Crippen LogP contribution in [0.2, 0.25) is 0 Å². The molecule has 3 rings (SSSR count). The first-order valence-corrected chi connectivity index (χ1v) is 9.86. The average molecular weight is 421 g/mol. The molecule has 0 unspecified atom stereocenters. The summed E-state index contributed by atoms with van der Waals surface area (Å²) in [5.74, 6) is -0.252. The third-order valence-electron chi connectivity index (χ3n) is 4.88. The molecule has 0 aliphatic carbocycles. The van der Waals surface area contributed by atoms with E-state index in [1.165, 1.54) is 22.9 Å². The highest BCUT2D eigenvalue weighted by atomic mass is 19.1. The van der Waals surface area contributed by atoms with Crippen LogP contribution in [-0.2, 0) is 11.3 Å². The molecule has 1 amide bonds. The van der Waals surface area contributed by atoms with Crippen LogP contribution in [-0.4, -0.2) is 30.7 Å². The molecule has 31 heavy (non-hydrogen) atoms. The monoisotopic (exact) mass is 421 g/mol. The lowest BCUT2D eigenvalue weighted by Crippen LogP contribution is -2.14. The largest absolute Gasteiger partial charge is 0.348 e. The van der Waals surface area contributed by atoms with E-state index in [1.807, 2.05) is 26.0 Å². The number of tetrazole rings is 1. The number of anilines is 1. The van der Waals surface area contributed by atoms with Crippen molar-refractivity contribution in [1.82, 2.24) is 24.8 Å². The fourth-order valence-electron chi connectivity index (χ4n) is 3.33. The summed E-state index contributed by atoms with van der Waals surface area (Å²) in [4.78, 5) is 12.7. The van der Waals surface area contributed by atoms with E-state index in [9.17, 15) is 14.4 Å². The van der Waals surface area contributed by atoms with Gasteiger partial charge in [-0.2, -0.15) is 9.94 Å². The number of amides is 1. The van der Waals surface area contributed by atoms with Crippen molar-refractivity contribution in [3.05, 3.63) is 58.4 Å². The summed E-state index contributed by atoms with van der Waals surface area (Å²) < 4.78 is 17.6. The minimum absolute atomic E-state index is 0.0470. The summed E-state index contributed by atoms with van der Waals surface area (Å²) in [5.41, 5.74) is 3.24. The Morgan fingerprint density at radius 1 is 1.29 bits per heavy atom. The number of hydrogen-bond donors (Lipinski definition) is 1. The Morgan fingerprint density at radius 2 is 2.03 bits per heavy atom. The Labute approximate surface area is 180 Å². The van der Waals surface area contributed by atoms with E-state index in [4.69, 9.17) is 0 Å². The number of carbonyl (C=O) groups excluding carboxylic acids is 1. The van der Waals surface area contributed by atoms with Gasteiger partial charge in [0.1, 0.15) is 23.1 Å². The molecule has 3 aromatic rings. The lowest BCUT2D eigenvalue weighted by Gasteiger charge is -2.12. The first-order valence-electron chi connectivity index (χ1n) is 9.86. The minimum Gasteiger partial charge on any atom is -0.348 e. The second-order valence-electron chi connectivity index (χ2n) is 7.76. The van der Waals surface area contributed by atoms with E-state index >= 15 is 0 Å². The van der Waals surface area contributed by atoms with Crippen molar-refractivity contribution in [2.75, 3.05) is 5.32 Å². The van der Waals surface area contributed by atoms with Gasteiger partial charge in [-0.25, -0.2) is 4.39 Å². The first-order chi connectivity index (χ1) is 14.7. The van der Waals surface area contributed by atoms with Crippen LogP contribution in [0.25, 0.3) is 11.8 Å². The van der Waals surface area contributed by atoms with Gasteiger partial charge in [-0.1, -0.05) is 13.8 Å². The quantitative estimate of drug-likeness (QED) is 0.483. The number of nitriles is 1. The Balaban J connectivity index is 1.88. The Bertz CT molecular complexity index is 1200. The molecule has 8 nitrogen and oxygen atoms in total. The number of carbonyl (C=O) groups is 1. The van der Waals surface area contributed by atoms with Crippen molar-refractivity contribution in [1.29, 1.82) is 5.26 Å². The molecule has 0 bridgehead atoms. The molecule has 2 heterocycles. The number of benzene rings is 1. The number of nitrogens with one attached hydrogen (secondary N) is 1. The number of halogens is 1. The maximum atomic E-state index is 14.2. The van der Waals surface area contributed by atoms with Gasteiger partial charge in [-0.3, -0.25) is 4.79 Å². The van der Waals surface area contributed by atoms with Crippen molar-refractivity contribution in [3.8, 4) is 11.8 Å². The van der Waals surface area contributed by atoms with E-state index in [2.05, 4.69) is 39.3 Å². The van der Waals surface area contributed by atoms with Crippen LogP contribution < -0.4 is 5.32 Å². The highest BCUT2D eigenvalue weighted by Crippen LogP contribution is 2.22. The molecular weight excluding hydrogens is 397 g/mol. The summed E-state index contributed by atoms with van der Waals surface area (Å²) >= 11 is 0. The van der Waals surface area contributed by atoms with Gasteiger partial charge in [0.2, 0.25) is 0 Å². The van der Waals surface area contributed by atoms with Gasteiger partial charge in [0, 0.05) is 23.6 Å². The number of rotatable bonds is 6. The highest BCUT2D eigenvalue weighted by Gasteiger charge is 2.16. The van der Waals surface area contributed by atoms with E-state index in [0.717, 1.165) is 23.5 Å². The normalized spacial score (nSPS) is 11.6. The molecular formula is C22H24FN7O. The summed E-state index contributed by atoms with van der Waals surface area (Å²) in [6, 6.07) is 7.96. The van der Waals surface area contributed by atoms with Crippen LogP contribution in [0.1, 0.15) is 36.6 Å².